The standard InChI is InChI=1S/C12H18N2O3/c1-17-7-9-10(12(15)16)14-11(13-9)8-5-3-2-4-6-8/h8H,2-7H2,1H3,(H,13,14)(H,15,16). The van der Waals surface area contributed by atoms with E-state index in [1.807, 2.05) is 0 Å². The van der Waals surface area contributed by atoms with Crippen molar-refractivity contribution in [2.45, 2.75) is 44.6 Å². The monoisotopic (exact) mass is 238 g/mol. The predicted molar refractivity (Wildman–Crippen MR) is 62.1 cm³/mol. The minimum absolute atomic E-state index is 0.104. The summed E-state index contributed by atoms with van der Waals surface area (Å²) < 4.78 is 4.98. The molecule has 0 saturated heterocycles. The number of imidazole rings is 1. The Kier molecular flexibility index (Phi) is 3.78. The molecule has 94 valence electrons. The zero-order valence-corrected chi connectivity index (χ0v) is 10.0. The van der Waals surface area contributed by atoms with Crippen LogP contribution in [0.2, 0.25) is 0 Å². The number of hydrogen-bond donors (Lipinski definition) is 2. The Bertz CT molecular complexity index is 394. The summed E-state index contributed by atoms with van der Waals surface area (Å²) in [4.78, 5) is 18.4. The maximum absolute atomic E-state index is 11.1. The first kappa shape index (κ1) is 12.1. The van der Waals surface area contributed by atoms with E-state index in [0.717, 1.165) is 18.7 Å². The highest BCUT2D eigenvalue weighted by atomic mass is 16.5. The molecule has 2 rings (SSSR count). The molecule has 1 aromatic rings. The van der Waals surface area contributed by atoms with E-state index in [0.29, 0.717) is 11.6 Å². The second-order valence-electron chi connectivity index (χ2n) is 4.52. The first-order chi connectivity index (χ1) is 8.22. The van der Waals surface area contributed by atoms with Gasteiger partial charge in [-0.2, -0.15) is 0 Å². The molecule has 0 amide bonds. The van der Waals surface area contributed by atoms with Crippen LogP contribution in [-0.2, 0) is 11.3 Å². The van der Waals surface area contributed by atoms with Crippen LogP contribution in [0.1, 0.15) is 60.0 Å². The number of methoxy groups -OCH3 is 1. The van der Waals surface area contributed by atoms with Gasteiger partial charge < -0.3 is 14.8 Å². The van der Waals surface area contributed by atoms with Crippen LogP contribution in [0.5, 0.6) is 0 Å². The molecule has 5 heteroatoms. The number of hydrogen-bond acceptors (Lipinski definition) is 3. The Morgan fingerprint density at radius 1 is 1.47 bits per heavy atom. The molecule has 0 aliphatic heterocycles. The van der Waals surface area contributed by atoms with Crippen LogP contribution in [0.25, 0.3) is 0 Å². The summed E-state index contributed by atoms with van der Waals surface area (Å²) in [6.07, 6.45) is 5.87. The predicted octanol–water partition coefficient (Wildman–Crippen LogP) is 2.30. The van der Waals surface area contributed by atoms with Crippen molar-refractivity contribution in [1.29, 1.82) is 0 Å². The Hall–Kier alpha value is -1.36. The van der Waals surface area contributed by atoms with E-state index in [9.17, 15) is 4.79 Å². The lowest BCUT2D eigenvalue weighted by Crippen LogP contribution is -2.06. The minimum Gasteiger partial charge on any atom is -0.476 e. The second kappa shape index (κ2) is 5.31. The second-order valence-corrected chi connectivity index (χ2v) is 4.52. The van der Waals surface area contributed by atoms with Gasteiger partial charge in [0, 0.05) is 13.0 Å². The van der Waals surface area contributed by atoms with Crippen molar-refractivity contribution in [3.63, 3.8) is 0 Å². The van der Waals surface area contributed by atoms with E-state index in [2.05, 4.69) is 9.97 Å². The largest absolute Gasteiger partial charge is 0.476 e. The number of aromatic amines is 1. The highest BCUT2D eigenvalue weighted by Crippen LogP contribution is 2.31. The molecule has 17 heavy (non-hydrogen) atoms. The van der Waals surface area contributed by atoms with E-state index in [1.165, 1.54) is 19.3 Å². The zero-order chi connectivity index (χ0) is 12.3. The van der Waals surface area contributed by atoms with Gasteiger partial charge in [-0.1, -0.05) is 19.3 Å². The van der Waals surface area contributed by atoms with E-state index in [4.69, 9.17) is 9.84 Å². The molecular weight excluding hydrogens is 220 g/mol. The van der Waals surface area contributed by atoms with E-state index in [1.54, 1.807) is 7.11 Å². The lowest BCUT2D eigenvalue weighted by molar-refractivity contribution is 0.0685. The summed E-state index contributed by atoms with van der Waals surface area (Å²) in [6, 6.07) is 0. The molecule has 0 spiro atoms. The van der Waals surface area contributed by atoms with Gasteiger partial charge in [0.1, 0.15) is 5.82 Å². The van der Waals surface area contributed by atoms with Crippen LogP contribution < -0.4 is 0 Å². The third kappa shape index (κ3) is 2.66. The van der Waals surface area contributed by atoms with Crippen molar-refractivity contribution >= 4 is 5.97 Å². The van der Waals surface area contributed by atoms with Crippen molar-refractivity contribution < 1.29 is 14.6 Å². The summed E-state index contributed by atoms with van der Waals surface area (Å²) >= 11 is 0. The van der Waals surface area contributed by atoms with Crippen LogP contribution >= 0.6 is 0 Å². The van der Waals surface area contributed by atoms with Gasteiger partial charge in [0.05, 0.1) is 12.3 Å². The fraction of sp³-hybridized carbons (Fsp3) is 0.667. The van der Waals surface area contributed by atoms with Crippen LogP contribution in [0.15, 0.2) is 0 Å². The van der Waals surface area contributed by atoms with Gasteiger partial charge in [-0.25, -0.2) is 9.78 Å². The molecule has 0 atom stereocenters. The number of carboxylic acid groups (broad SMARTS) is 1. The van der Waals surface area contributed by atoms with Crippen LogP contribution in [0, 0.1) is 0 Å². The van der Waals surface area contributed by atoms with E-state index < -0.39 is 5.97 Å². The molecule has 1 fully saturated rings. The first-order valence-corrected chi connectivity index (χ1v) is 6.03. The summed E-state index contributed by atoms with van der Waals surface area (Å²) in [5.41, 5.74) is 0.674. The Morgan fingerprint density at radius 3 is 2.76 bits per heavy atom. The van der Waals surface area contributed by atoms with Gasteiger partial charge in [0.2, 0.25) is 0 Å². The number of aromatic carboxylic acids is 1. The molecule has 0 unspecified atom stereocenters. The van der Waals surface area contributed by atoms with Gasteiger partial charge in [0.15, 0.2) is 5.69 Å². The number of rotatable bonds is 4. The maximum Gasteiger partial charge on any atom is 0.356 e. The lowest BCUT2D eigenvalue weighted by atomic mass is 9.89. The Balaban J connectivity index is 2.22. The smallest absolute Gasteiger partial charge is 0.356 e. The highest BCUT2D eigenvalue weighted by molar-refractivity contribution is 5.86. The molecule has 1 heterocycles. The summed E-state index contributed by atoms with van der Waals surface area (Å²) in [6.45, 7) is 0.265. The molecule has 2 N–H and O–H groups in total. The summed E-state index contributed by atoms with van der Waals surface area (Å²) in [5, 5.41) is 9.07. The molecule has 0 radical (unpaired) electrons. The molecule has 0 aromatic carbocycles. The first-order valence-electron chi connectivity index (χ1n) is 6.03. The van der Waals surface area contributed by atoms with Crippen molar-refractivity contribution in [2.75, 3.05) is 7.11 Å². The average Bonchev–Trinajstić information content (AvgIpc) is 2.75. The fourth-order valence-corrected chi connectivity index (χ4v) is 2.42. The van der Waals surface area contributed by atoms with Crippen molar-refractivity contribution in [3.05, 3.63) is 17.2 Å². The lowest BCUT2D eigenvalue weighted by Gasteiger charge is -2.19. The normalized spacial score (nSPS) is 17.2. The number of aromatic nitrogens is 2. The van der Waals surface area contributed by atoms with Crippen molar-refractivity contribution in [1.82, 2.24) is 9.97 Å². The molecule has 1 aliphatic carbocycles. The number of ether oxygens (including phenoxy) is 1. The van der Waals surface area contributed by atoms with Gasteiger partial charge in [0.25, 0.3) is 0 Å². The SMILES string of the molecule is COCc1[nH]c(C2CCCCC2)nc1C(=O)O. The van der Waals surface area contributed by atoms with Gasteiger partial charge in [-0.05, 0) is 12.8 Å². The average molecular weight is 238 g/mol. The van der Waals surface area contributed by atoms with Crippen molar-refractivity contribution in [3.8, 4) is 0 Å². The summed E-state index contributed by atoms with van der Waals surface area (Å²) in [5.74, 6) is 0.206. The van der Waals surface area contributed by atoms with Gasteiger partial charge >= 0.3 is 5.97 Å². The third-order valence-electron chi connectivity index (χ3n) is 3.28. The maximum atomic E-state index is 11.1. The van der Waals surface area contributed by atoms with Crippen molar-refractivity contribution in [2.24, 2.45) is 0 Å². The van der Waals surface area contributed by atoms with Crippen LogP contribution in [-0.4, -0.2) is 28.2 Å². The van der Waals surface area contributed by atoms with Gasteiger partial charge in [-0.15, -0.1) is 0 Å². The number of nitrogens with zero attached hydrogens (tertiary/aromatic N) is 1. The molecule has 1 saturated carbocycles. The third-order valence-corrected chi connectivity index (χ3v) is 3.28. The minimum atomic E-state index is -0.990. The fourth-order valence-electron chi connectivity index (χ4n) is 2.42. The van der Waals surface area contributed by atoms with Crippen LogP contribution in [0.4, 0.5) is 0 Å². The Labute approximate surface area is 100 Å². The van der Waals surface area contributed by atoms with Gasteiger partial charge in [-0.3, -0.25) is 0 Å². The highest BCUT2D eigenvalue weighted by Gasteiger charge is 2.23. The molecule has 0 bridgehead atoms. The number of H-pyrrole nitrogens is 1. The molecule has 1 aliphatic rings. The molecular formula is C12H18N2O3. The quantitative estimate of drug-likeness (QED) is 0.844. The number of carbonyl (C=O) groups is 1. The molecule has 1 aromatic heterocycles. The topological polar surface area (TPSA) is 75.2 Å². The molecule has 5 nitrogen and oxygen atoms in total. The Morgan fingerprint density at radius 2 is 2.18 bits per heavy atom. The zero-order valence-electron chi connectivity index (χ0n) is 10.0. The van der Waals surface area contributed by atoms with E-state index >= 15 is 0 Å². The summed E-state index contributed by atoms with van der Waals surface area (Å²) in [7, 11) is 1.55. The van der Waals surface area contributed by atoms with E-state index in [-0.39, 0.29) is 12.3 Å². The number of carboxylic acids is 1. The van der Waals surface area contributed by atoms with Crippen LogP contribution in [0.3, 0.4) is 0 Å². The number of nitrogens with one attached hydrogen (secondary N) is 1.